The molecule has 0 saturated carbocycles. The quantitative estimate of drug-likeness (QED) is 0.650. The summed E-state index contributed by atoms with van der Waals surface area (Å²) in [6.07, 6.45) is 2.51. The van der Waals surface area contributed by atoms with E-state index in [0.29, 0.717) is 24.8 Å². The molecule has 0 bridgehead atoms. The number of nitrogens with one attached hydrogen (secondary N) is 1. The lowest BCUT2D eigenvalue weighted by atomic mass is 9.89. The molecule has 0 radical (unpaired) electrons. The van der Waals surface area contributed by atoms with Crippen LogP contribution < -0.4 is 9.46 Å². The van der Waals surface area contributed by atoms with Gasteiger partial charge in [-0.05, 0) is 73.1 Å². The zero-order valence-corrected chi connectivity index (χ0v) is 19.6. The average molecular weight is 463 g/mol. The number of halogens is 1. The molecule has 174 valence electrons. The molecule has 1 saturated heterocycles. The molecule has 1 heterocycles. The van der Waals surface area contributed by atoms with Crippen molar-refractivity contribution in [2.75, 3.05) is 20.2 Å². The summed E-state index contributed by atoms with van der Waals surface area (Å²) < 4.78 is 46.5. The summed E-state index contributed by atoms with van der Waals surface area (Å²) >= 11 is 0. The Hall–Kier alpha value is -2.45. The van der Waals surface area contributed by atoms with Crippen LogP contribution in [0.5, 0.6) is 5.75 Å². The average Bonchev–Trinajstić information content (AvgIpc) is 2.79. The molecule has 1 N–H and O–H groups in total. The second-order valence-corrected chi connectivity index (χ2v) is 10.3. The molecular weight excluding hydrogens is 431 g/mol. The molecule has 3 rings (SSSR count). The third-order valence-corrected chi connectivity index (χ3v) is 7.41. The highest BCUT2D eigenvalue weighted by Gasteiger charge is 2.33. The highest BCUT2D eigenvalue weighted by molar-refractivity contribution is 7.89. The van der Waals surface area contributed by atoms with Crippen molar-refractivity contribution in [2.45, 2.75) is 44.0 Å². The Kier molecular flexibility index (Phi) is 7.90. The van der Waals surface area contributed by atoms with Gasteiger partial charge < -0.3 is 9.64 Å². The minimum absolute atomic E-state index is 0.0924. The summed E-state index contributed by atoms with van der Waals surface area (Å²) in [5, 5.41) is 0. The molecular formula is C24H31FN2O4S. The van der Waals surface area contributed by atoms with Crippen molar-refractivity contribution in [1.82, 2.24) is 9.62 Å². The first kappa shape index (κ1) is 24.2. The maximum atomic E-state index is 13.2. The Labute approximate surface area is 189 Å². The van der Waals surface area contributed by atoms with Gasteiger partial charge >= 0.3 is 0 Å². The molecule has 0 unspecified atom stereocenters. The van der Waals surface area contributed by atoms with Crippen molar-refractivity contribution in [3.8, 4) is 5.75 Å². The summed E-state index contributed by atoms with van der Waals surface area (Å²) in [6.45, 7) is 4.83. The van der Waals surface area contributed by atoms with Crippen LogP contribution in [0.3, 0.4) is 0 Å². The Morgan fingerprint density at radius 1 is 1.09 bits per heavy atom. The molecule has 1 aliphatic rings. The van der Waals surface area contributed by atoms with Gasteiger partial charge in [0.15, 0.2) is 0 Å². The number of piperidine rings is 1. The highest BCUT2D eigenvalue weighted by atomic mass is 32.2. The summed E-state index contributed by atoms with van der Waals surface area (Å²) in [5.41, 5.74) is 1.09. The Balaban J connectivity index is 1.61. The van der Waals surface area contributed by atoms with Crippen LogP contribution in [0.4, 0.5) is 4.39 Å². The van der Waals surface area contributed by atoms with Gasteiger partial charge in [0.25, 0.3) is 0 Å². The maximum absolute atomic E-state index is 13.2. The van der Waals surface area contributed by atoms with Gasteiger partial charge in [0.05, 0.1) is 12.0 Å². The fourth-order valence-electron chi connectivity index (χ4n) is 3.97. The van der Waals surface area contributed by atoms with E-state index in [1.165, 1.54) is 31.4 Å². The van der Waals surface area contributed by atoms with E-state index < -0.39 is 16.1 Å². The van der Waals surface area contributed by atoms with Crippen LogP contribution in [0.1, 0.15) is 32.3 Å². The van der Waals surface area contributed by atoms with Crippen molar-refractivity contribution in [1.29, 1.82) is 0 Å². The van der Waals surface area contributed by atoms with Crippen molar-refractivity contribution < 1.29 is 22.3 Å². The van der Waals surface area contributed by atoms with Crippen LogP contribution in [0.15, 0.2) is 53.4 Å². The summed E-state index contributed by atoms with van der Waals surface area (Å²) in [6, 6.07) is 11.8. The van der Waals surface area contributed by atoms with Gasteiger partial charge in [0, 0.05) is 13.1 Å². The molecule has 8 heteroatoms. The number of hydrogen-bond acceptors (Lipinski definition) is 4. The van der Waals surface area contributed by atoms with Crippen LogP contribution in [-0.2, 0) is 21.2 Å². The van der Waals surface area contributed by atoms with Crippen molar-refractivity contribution >= 4 is 15.9 Å². The number of ether oxygens (including phenoxy) is 1. The van der Waals surface area contributed by atoms with Crippen molar-refractivity contribution in [2.24, 2.45) is 11.8 Å². The Morgan fingerprint density at radius 2 is 1.69 bits per heavy atom. The van der Waals surface area contributed by atoms with E-state index in [4.69, 9.17) is 4.74 Å². The molecule has 2 aromatic rings. The van der Waals surface area contributed by atoms with E-state index in [1.807, 2.05) is 13.8 Å². The standard InChI is InChI=1S/C24H31FN2O4S/c1-17(2)23(26-32(29,30)22-10-8-21(31-3)9-11-22)24(28)27-14-12-19(13-15-27)16-18-4-6-20(25)7-5-18/h4-11,17,19,23,26H,12-16H2,1-3H3/t23-/m0/s1. The molecule has 0 spiro atoms. The number of carbonyl (C=O) groups is 1. The van der Waals surface area contributed by atoms with Gasteiger partial charge in [-0.1, -0.05) is 26.0 Å². The van der Waals surface area contributed by atoms with Gasteiger partial charge in [0.1, 0.15) is 17.6 Å². The molecule has 2 aromatic carbocycles. The lowest BCUT2D eigenvalue weighted by Gasteiger charge is -2.35. The van der Waals surface area contributed by atoms with E-state index in [2.05, 4.69) is 4.72 Å². The summed E-state index contributed by atoms with van der Waals surface area (Å²) in [5.74, 6) is 0.331. The van der Waals surface area contributed by atoms with E-state index >= 15 is 0 Å². The molecule has 1 atom stereocenters. The normalized spacial score (nSPS) is 16.2. The van der Waals surface area contributed by atoms with Crippen LogP contribution >= 0.6 is 0 Å². The first-order valence-electron chi connectivity index (χ1n) is 10.9. The van der Waals surface area contributed by atoms with Crippen LogP contribution in [0, 0.1) is 17.7 Å². The van der Waals surface area contributed by atoms with E-state index in [1.54, 1.807) is 29.2 Å². The van der Waals surface area contributed by atoms with Gasteiger partial charge in [0.2, 0.25) is 15.9 Å². The molecule has 0 aromatic heterocycles. The predicted octanol–water partition coefficient (Wildman–Crippen LogP) is 3.62. The molecule has 0 aliphatic carbocycles. The Morgan fingerprint density at radius 3 is 2.22 bits per heavy atom. The number of benzene rings is 2. The zero-order valence-electron chi connectivity index (χ0n) is 18.8. The fourth-order valence-corrected chi connectivity index (χ4v) is 5.31. The number of hydrogen-bond donors (Lipinski definition) is 1. The van der Waals surface area contributed by atoms with Gasteiger partial charge in [-0.25, -0.2) is 12.8 Å². The number of likely N-dealkylation sites (tertiary alicyclic amines) is 1. The second kappa shape index (κ2) is 10.4. The SMILES string of the molecule is COc1ccc(S(=O)(=O)N[C@H](C(=O)N2CCC(Cc3ccc(F)cc3)CC2)C(C)C)cc1. The number of carbonyl (C=O) groups excluding carboxylic acids is 1. The third-order valence-electron chi connectivity index (χ3n) is 5.95. The number of nitrogens with zero attached hydrogens (tertiary/aromatic N) is 1. The number of rotatable bonds is 8. The second-order valence-electron chi connectivity index (χ2n) is 8.62. The molecule has 1 aliphatic heterocycles. The Bertz CT molecular complexity index is 999. The van der Waals surface area contributed by atoms with E-state index in [0.717, 1.165) is 24.8 Å². The van der Waals surface area contributed by atoms with E-state index in [9.17, 15) is 17.6 Å². The smallest absolute Gasteiger partial charge is 0.241 e. The number of sulfonamides is 1. The molecule has 6 nitrogen and oxygen atoms in total. The van der Waals surface area contributed by atoms with Crippen molar-refractivity contribution in [3.05, 3.63) is 59.9 Å². The fraction of sp³-hybridized carbons (Fsp3) is 0.458. The largest absolute Gasteiger partial charge is 0.497 e. The number of methoxy groups -OCH3 is 1. The van der Waals surface area contributed by atoms with Crippen molar-refractivity contribution in [3.63, 3.8) is 0 Å². The molecule has 1 fully saturated rings. The predicted molar refractivity (Wildman–Crippen MR) is 121 cm³/mol. The van der Waals surface area contributed by atoms with Crippen LogP contribution in [0.25, 0.3) is 0 Å². The minimum Gasteiger partial charge on any atom is -0.497 e. The molecule has 1 amide bonds. The molecule has 32 heavy (non-hydrogen) atoms. The summed E-state index contributed by atoms with van der Waals surface area (Å²) in [7, 11) is -2.34. The first-order valence-corrected chi connectivity index (χ1v) is 12.4. The first-order chi connectivity index (χ1) is 15.2. The monoisotopic (exact) mass is 462 g/mol. The zero-order chi connectivity index (χ0) is 23.3. The van der Waals surface area contributed by atoms with E-state index in [-0.39, 0.29) is 22.5 Å². The van der Waals surface area contributed by atoms with Gasteiger partial charge in [-0.2, -0.15) is 4.72 Å². The van der Waals surface area contributed by atoms with Gasteiger partial charge in [-0.15, -0.1) is 0 Å². The van der Waals surface area contributed by atoms with Crippen LogP contribution in [-0.4, -0.2) is 45.5 Å². The van der Waals surface area contributed by atoms with Gasteiger partial charge in [-0.3, -0.25) is 4.79 Å². The topological polar surface area (TPSA) is 75.7 Å². The minimum atomic E-state index is -3.85. The lowest BCUT2D eigenvalue weighted by molar-refractivity contribution is -0.135. The maximum Gasteiger partial charge on any atom is 0.241 e. The third kappa shape index (κ3) is 6.07. The lowest BCUT2D eigenvalue weighted by Crippen LogP contribution is -2.53. The van der Waals surface area contributed by atoms with Crippen LogP contribution in [0.2, 0.25) is 0 Å². The number of amides is 1. The highest BCUT2D eigenvalue weighted by Crippen LogP contribution is 2.24. The summed E-state index contributed by atoms with van der Waals surface area (Å²) in [4.78, 5) is 15.0.